The molecule has 0 aliphatic carbocycles. The minimum Gasteiger partial charge on any atom is -0.497 e. The third-order valence-electron chi connectivity index (χ3n) is 2.86. The van der Waals surface area contributed by atoms with Gasteiger partial charge in [0.1, 0.15) is 12.5 Å². The minimum atomic E-state index is -0.215. The van der Waals surface area contributed by atoms with Crippen molar-refractivity contribution in [2.45, 2.75) is 6.54 Å². The van der Waals surface area contributed by atoms with Crippen LogP contribution in [0.15, 0.2) is 24.3 Å². The van der Waals surface area contributed by atoms with E-state index in [1.807, 2.05) is 24.3 Å². The molecule has 1 aromatic rings. The summed E-state index contributed by atoms with van der Waals surface area (Å²) in [4.78, 5) is 14.9. The SMILES string of the molecule is COc1cccc(CN2CCN(CO)C2=O)c1. The highest BCUT2D eigenvalue weighted by molar-refractivity contribution is 5.76. The number of aliphatic hydroxyl groups is 1. The second-order valence-corrected chi connectivity index (χ2v) is 3.96. The number of carbonyl (C=O) groups is 1. The third-order valence-corrected chi connectivity index (χ3v) is 2.86. The van der Waals surface area contributed by atoms with Crippen molar-refractivity contribution < 1.29 is 14.6 Å². The average molecular weight is 236 g/mol. The van der Waals surface area contributed by atoms with Gasteiger partial charge < -0.3 is 14.7 Å². The summed E-state index contributed by atoms with van der Waals surface area (Å²) >= 11 is 0. The molecule has 0 saturated carbocycles. The van der Waals surface area contributed by atoms with E-state index < -0.39 is 0 Å². The van der Waals surface area contributed by atoms with Gasteiger partial charge in [0.05, 0.1) is 7.11 Å². The van der Waals surface area contributed by atoms with E-state index in [1.165, 1.54) is 4.90 Å². The number of hydrogen-bond acceptors (Lipinski definition) is 3. The van der Waals surface area contributed by atoms with Crippen molar-refractivity contribution in [2.75, 3.05) is 26.9 Å². The number of urea groups is 1. The molecule has 1 heterocycles. The van der Waals surface area contributed by atoms with Crippen LogP contribution in [-0.4, -0.2) is 47.9 Å². The first-order valence-corrected chi connectivity index (χ1v) is 5.52. The fourth-order valence-electron chi connectivity index (χ4n) is 1.90. The zero-order valence-corrected chi connectivity index (χ0v) is 9.80. The first kappa shape index (κ1) is 11.7. The number of carbonyl (C=O) groups excluding carboxylic acids is 1. The molecule has 2 rings (SSSR count). The van der Waals surface area contributed by atoms with Gasteiger partial charge in [-0.1, -0.05) is 12.1 Å². The number of amides is 2. The maximum Gasteiger partial charge on any atom is 0.322 e. The quantitative estimate of drug-likeness (QED) is 0.844. The van der Waals surface area contributed by atoms with E-state index in [0.717, 1.165) is 11.3 Å². The Morgan fingerprint density at radius 3 is 2.76 bits per heavy atom. The van der Waals surface area contributed by atoms with Crippen LogP contribution in [0.3, 0.4) is 0 Å². The summed E-state index contributed by atoms with van der Waals surface area (Å²) in [6, 6.07) is 7.52. The number of aliphatic hydroxyl groups excluding tert-OH is 1. The van der Waals surface area contributed by atoms with Crippen LogP contribution in [0, 0.1) is 0 Å². The lowest BCUT2D eigenvalue weighted by molar-refractivity contribution is 0.133. The zero-order valence-electron chi connectivity index (χ0n) is 9.80. The molecule has 1 aromatic carbocycles. The number of hydrogen-bond donors (Lipinski definition) is 1. The lowest BCUT2D eigenvalue weighted by atomic mass is 10.2. The van der Waals surface area contributed by atoms with Gasteiger partial charge in [-0.05, 0) is 17.7 Å². The number of methoxy groups -OCH3 is 1. The summed E-state index contributed by atoms with van der Waals surface area (Å²) in [5, 5.41) is 8.96. The lowest BCUT2D eigenvalue weighted by Gasteiger charge is -2.17. The molecule has 0 radical (unpaired) electrons. The molecule has 1 saturated heterocycles. The Bertz CT molecular complexity index is 408. The van der Waals surface area contributed by atoms with Gasteiger partial charge in [0.2, 0.25) is 0 Å². The number of nitrogens with zero attached hydrogens (tertiary/aromatic N) is 2. The van der Waals surface area contributed by atoms with Gasteiger partial charge in [0.15, 0.2) is 0 Å². The van der Waals surface area contributed by atoms with Crippen molar-refractivity contribution in [1.82, 2.24) is 9.80 Å². The van der Waals surface area contributed by atoms with Crippen molar-refractivity contribution in [1.29, 1.82) is 0 Å². The molecule has 1 aliphatic rings. The third kappa shape index (κ3) is 2.50. The largest absolute Gasteiger partial charge is 0.497 e. The minimum absolute atomic E-state index is 0.115. The number of rotatable bonds is 4. The molecular weight excluding hydrogens is 220 g/mol. The Balaban J connectivity index is 2.03. The highest BCUT2D eigenvalue weighted by Crippen LogP contribution is 2.17. The second-order valence-electron chi connectivity index (χ2n) is 3.96. The average Bonchev–Trinajstić information content (AvgIpc) is 2.71. The van der Waals surface area contributed by atoms with Gasteiger partial charge in [-0.15, -0.1) is 0 Å². The van der Waals surface area contributed by atoms with Gasteiger partial charge in [-0.2, -0.15) is 0 Å². The topological polar surface area (TPSA) is 53.0 Å². The van der Waals surface area contributed by atoms with Gasteiger partial charge in [0, 0.05) is 19.6 Å². The van der Waals surface area contributed by atoms with Gasteiger partial charge in [0.25, 0.3) is 0 Å². The monoisotopic (exact) mass is 236 g/mol. The molecule has 92 valence electrons. The predicted octanol–water partition coefficient (Wildman–Crippen LogP) is 0.883. The Morgan fingerprint density at radius 2 is 2.12 bits per heavy atom. The molecule has 5 nitrogen and oxygen atoms in total. The van der Waals surface area contributed by atoms with E-state index in [-0.39, 0.29) is 12.8 Å². The van der Waals surface area contributed by atoms with E-state index >= 15 is 0 Å². The Hall–Kier alpha value is -1.75. The molecule has 0 spiro atoms. The summed E-state index contributed by atoms with van der Waals surface area (Å²) in [6.07, 6.45) is 0. The Labute approximate surface area is 100 Å². The first-order chi connectivity index (χ1) is 8.24. The highest BCUT2D eigenvalue weighted by Gasteiger charge is 2.27. The maximum absolute atomic E-state index is 11.8. The van der Waals surface area contributed by atoms with Crippen molar-refractivity contribution >= 4 is 6.03 Å². The molecule has 1 fully saturated rings. The fourth-order valence-corrected chi connectivity index (χ4v) is 1.90. The molecule has 1 aliphatic heterocycles. The van der Waals surface area contributed by atoms with E-state index in [9.17, 15) is 4.79 Å². The number of ether oxygens (including phenoxy) is 1. The molecule has 5 heteroatoms. The zero-order chi connectivity index (χ0) is 12.3. The molecule has 0 atom stereocenters. The molecule has 0 bridgehead atoms. The lowest BCUT2D eigenvalue weighted by Crippen LogP contribution is -2.32. The highest BCUT2D eigenvalue weighted by atomic mass is 16.5. The van der Waals surface area contributed by atoms with Crippen LogP contribution >= 0.6 is 0 Å². The van der Waals surface area contributed by atoms with E-state index in [0.29, 0.717) is 19.6 Å². The van der Waals surface area contributed by atoms with Crippen molar-refractivity contribution in [3.8, 4) is 5.75 Å². The molecule has 1 N–H and O–H groups in total. The number of benzene rings is 1. The molecule has 0 aromatic heterocycles. The maximum atomic E-state index is 11.8. The Kier molecular flexibility index (Phi) is 3.49. The molecule has 0 unspecified atom stereocenters. The summed E-state index contributed by atoms with van der Waals surface area (Å²) in [6.45, 7) is 1.57. The molecule has 2 amide bonds. The molecule has 17 heavy (non-hydrogen) atoms. The van der Waals surface area contributed by atoms with Crippen LogP contribution in [0.4, 0.5) is 4.79 Å². The first-order valence-electron chi connectivity index (χ1n) is 5.52. The van der Waals surface area contributed by atoms with Gasteiger partial charge in [-0.25, -0.2) is 4.79 Å². The predicted molar refractivity (Wildman–Crippen MR) is 62.6 cm³/mol. The van der Waals surface area contributed by atoms with Crippen LogP contribution in [0.2, 0.25) is 0 Å². The summed E-state index contributed by atoms with van der Waals surface area (Å²) in [7, 11) is 1.62. The van der Waals surface area contributed by atoms with Crippen LogP contribution in [0.25, 0.3) is 0 Å². The van der Waals surface area contributed by atoms with Gasteiger partial charge >= 0.3 is 6.03 Å². The van der Waals surface area contributed by atoms with E-state index in [1.54, 1.807) is 12.0 Å². The van der Waals surface area contributed by atoms with Crippen LogP contribution in [0.1, 0.15) is 5.56 Å². The summed E-state index contributed by atoms with van der Waals surface area (Å²) in [5.74, 6) is 0.785. The van der Waals surface area contributed by atoms with E-state index in [2.05, 4.69) is 0 Å². The molecular formula is C12H16N2O3. The summed E-state index contributed by atoms with van der Waals surface area (Å²) in [5.41, 5.74) is 1.03. The van der Waals surface area contributed by atoms with Crippen molar-refractivity contribution in [3.05, 3.63) is 29.8 Å². The standard InChI is InChI=1S/C12H16N2O3/c1-17-11-4-2-3-10(7-11)8-13-5-6-14(9-15)12(13)16/h2-4,7,15H,5-6,8-9H2,1H3. The van der Waals surface area contributed by atoms with Crippen molar-refractivity contribution in [3.63, 3.8) is 0 Å². The van der Waals surface area contributed by atoms with Crippen LogP contribution < -0.4 is 4.74 Å². The van der Waals surface area contributed by atoms with Crippen molar-refractivity contribution in [2.24, 2.45) is 0 Å². The summed E-state index contributed by atoms with van der Waals surface area (Å²) < 4.78 is 5.13. The van der Waals surface area contributed by atoms with Crippen LogP contribution in [-0.2, 0) is 6.54 Å². The smallest absolute Gasteiger partial charge is 0.322 e. The van der Waals surface area contributed by atoms with Crippen LogP contribution in [0.5, 0.6) is 5.75 Å². The second kappa shape index (κ2) is 5.05. The van der Waals surface area contributed by atoms with E-state index in [4.69, 9.17) is 9.84 Å². The Morgan fingerprint density at radius 1 is 1.35 bits per heavy atom. The van der Waals surface area contributed by atoms with Gasteiger partial charge in [-0.3, -0.25) is 4.90 Å². The fraction of sp³-hybridized carbons (Fsp3) is 0.417. The normalized spacial score (nSPS) is 15.5.